The standard InChI is InChI=1S/C13H13N5O/c14-10-3-4-11(13-9(10)2-1-6-16-13)15-7-5-12-17-8-19-18-12/h1-4,6,8,15H,5,7,14H2. The normalized spacial score (nSPS) is 10.7. The van der Waals surface area contributed by atoms with Crippen molar-refractivity contribution in [3.05, 3.63) is 42.7 Å². The molecule has 3 N–H and O–H groups in total. The fraction of sp³-hybridized carbons (Fsp3) is 0.154. The van der Waals surface area contributed by atoms with E-state index in [1.54, 1.807) is 6.20 Å². The van der Waals surface area contributed by atoms with Gasteiger partial charge in [0, 0.05) is 30.2 Å². The molecule has 0 aliphatic rings. The summed E-state index contributed by atoms with van der Waals surface area (Å²) in [6.45, 7) is 0.703. The highest BCUT2D eigenvalue weighted by Gasteiger charge is 2.05. The van der Waals surface area contributed by atoms with Crippen molar-refractivity contribution in [3.8, 4) is 0 Å². The number of benzene rings is 1. The summed E-state index contributed by atoms with van der Waals surface area (Å²) in [5.41, 5.74) is 8.48. The Kier molecular flexibility index (Phi) is 2.97. The van der Waals surface area contributed by atoms with E-state index in [0.717, 1.165) is 22.3 Å². The number of rotatable bonds is 4. The highest BCUT2D eigenvalue weighted by atomic mass is 16.5. The highest BCUT2D eigenvalue weighted by molar-refractivity contribution is 5.98. The van der Waals surface area contributed by atoms with Gasteiger partial charge < -0.3 is 15.6 Å². The maximum absolute atomic E-state index is 5.93. The molecule has 0 unspecified atom stereocenters. The molecule has 0 bridgehead atoms. The van der Waals surface area contributed by atoms with Crippen molar-refractivity contribution >= 4 is 22.3 Å². The van der Waals surface area contributed by atoms with Gasteiger partial charge in [-0.05, 0) is 24.3 Å². The Labute approximate surface area is 109 Å². The summed E-state index contributed by atoms with van der Waals surface area (Å²) < 4.78 is 4.69. The number of anilines is 2. The first-order chi connectivity index (χ1) is 9.34. The molecule has 2 aromatic heterocycles. The van der Waals surface area contributed by atoms with Gasteiger partial charge in [0.05, 0.1) is 11.2 Å². The van der Waals surface area contributed by atoms with E-state index in [1.165, 1.54) is 6.39 Å². The molecule has 6 heteroatoms. The molecule has 6 nitrogen and oxygen atoms in total. The number of aromatic nitrogens is 3. The maximum Gasteiger partial charge on any atom is 0.213 e. The van der Waals surface area contributed by atoms with Gasteiger partial charge in [-0.2, -0.15) is 4.98 Å². The number of nitrogens with zero attached hydrogens (tertiary/aromatic N) is 3. The SMILES string of the molecule is Nc1ccc(NCCc2ncon2)c2ncccc12. The molecule has 0 saturated heterocycles. The fourth-order valence-electron chi connectivity index (χ4n) is 1.95. The molecule has 2 heterocycles. The van der Waals surface area contributed by atoms with E-state index in [0.29, 0.717) is 18.8 Å². The Hall–Kier alpha value is -2.63. The lowest BCUT2D eigenvalue weighted by molar-refractivity contribution is 0.410. The minimum Gasteiger partial charge on any atom is -0.398 e. The number of pyridine rings is 1. The van der Waals surface area contributed by atoms with Crippen LogP contribution in [-0.4, -0.2) is 21.7 Å². The first-order valence-corrected chi connectivity index (χ1v) is 5.97. The smallest absolute Gasteiger partial charge is 0.213 e. The lowest BCUT2D eigenvalue weighted by Crippen LogP contribution is -2.07. The summed E-state index contributed by atoms with van der Waals surface area (Å²) in [4.78, 5) is 8.34. The molecule has 1 aromatic carbocycles. The third kappa shape index (κ3) is 2.33. The number of fused-ring (bicyclic) bond motifs is 1. The number of hydrogen-bond donors (Lipinski definition) is 2. The third-order valence-electron chi connectivity index (χ3n) is 2.87. The molecule has 0 spiro atoms. The predicted octanol–water partition coefficient (Wildman–Crippen LogP) is 1.85. The van der Waals surface area contributed by atoms with E-state index < -0.39 is 0 Å². The molecular weight excluding hydrogens is 242 g/mol. The van der Waals surface area contributed by atoms with Crippen LogP contribution in [0.4, 0.5) is 11.4 Å². The van der Waals surface area contributed by atoms with Crippen LogP contribution in [0.1, 0.15) is 5.82 Å². The van der Waals surface area contributed by atoms with Crippen LogP contribution >= 0.6 is 0 Å². The second kappa shape index (κ2) is 4.93. The quantitative estimate of drug-likeness (QED) is 0.691. The average Bonchev–Trinajstić information content (AvgIpc) is 2.95. The first-order valence-electron chi connectivity index (χ1n) is 5.97. The van der Waals surface area contributed by atoms with Crippen LogP contribution in [0.2, 0.25) is 0 Å². The van der Waals surface area contributed by atoms with Crippen LogP contribution in [0.5, 0.6) is 0 Å². The van der Waals surface area contributed by atoms with E-state index in [1.807, 2.05) is 24.3 Å². The summed E-state index contributed by atoms with van der Waals surface area (Å²) in [5, 5.41) is 8.03. The predicted molar refractivity (Wildman–Crippen MR) is 72.6 cm³/mol. The largest absolute Gasteiger partial charge is 0.398 e. The van der Waals surface area contributed by atoms with Crippen molar-refractivity contribution in [2.75, 3.05) is 17.6 Å². The van der Waals surface area contributed by atoms with Gasteiger partial charge >= 0.3 is 0 Å². The van der Waals surface area contributed by atoms with Crippen LogP contribution in [0.15, 0.2) is 41.4 Å². The zero-order valence-corrected chi connectivity index (χ0v) is 10.2. The summed E-state index contributed by atoms with van der Waals surface area (Å²) in [5.74, 6) is 0.681. The molecule has 0 aliphatic carbocycles. The Morgan fingerprint density at radius 2 is 2.16 bits per heavy atom. The molecule has 0 atom stereocenters. The molecule has 3 aromatic rings. The Morgan fingerprint density at radius 1 is 1.21 bits per heavy atom. The van der Waals surface area contributed by atoms with Gasteiger partial charge in [-0.25, -0.2) is 0 Å². The van der Waals surface area contributed by atoms with Crippen molar-refractivity contribution < 1.29 is 4.52 Å². The minimum atomic E-state index is 0.681. The second-order valence-electron chi connectivity index (χ2n) is 4.13. The lowest BCUT2D eigenvalue weighted by Gasteiger charge is -2.09. The molecule has 3 rings (SSSR count). The van der Waals surface area contributed by atoms with Crippen molar-refractivity contribution in [3.63, 3.8) is 0 Å². The van der Waals surface area contributed by atoms with Gasteiger partial charge in [-0.3, -0.25) is 4.98 Å². The molecule has 96 valence electrons. The molecule has 0 amide bonds. The van der Waals surface area contributed by atoms with Crippen LogP contribution in [0.3, 0.4) is 0 Å². The zero-order valence-electron chi connectivity index (χ0n) is 10.2. The van der Waals surface area contributed by atoms with Gasteiger partial charge in [0.1, 0.15) is 0 Å². The Balaban J connectivity index is 1.79. The van der Waals surface area contributed by atoms with E-state index in [-0.39, 0.29) is 0 Å². The summed E-state index contributed by atoms with van der Waals surface area (Å²) in [6, 6.07) is 7.64. The van der Waals surface area contributed by atoms with Crippen molar-refractivity contribution in [1.82, 2.24) is 15.1 Å². The van der Waals surface area contributed by atoms with Crippen molar-refractivity contribution in [2.45, 2.75) is 6.42 Å². The monoisotopic (exact) mass is 255 g/mol. The van der Waals surface area contributed by atoms with Gasteiger partial charge in [-0.15, -0.1) is 0 Å². The van der Waals surface area contributed by atoms with Crippen LogP contribution in [-0.2, 0) is 6.42 Å². The molecule has 0 fully saturated rings. The first kappa shape index (κ1) is 11.5. The van der Waals surface area contributed by atoms with E-state index >= 15 is 0 Å². The maximum atomic E-state index is 5.93. The lowest BCUT2D eigenvalue weighted by atomic mass is 10.1. The van der Waals surface area contributed by atoms with Gasteiger partial charge in [0.25, 0.3) is 0 Å². The summed E-state index contributed by atoms with van der Waals surface area (Å²) in [7, 11) is 0. The topological polar surface area (TPSA) is 89.9 Å². The highest BCUT2D eigenvalue weighted by Crippen LogP contribution is 2.25. The summed E-state index contributed by atoms with van der Waals surface area (Å²) in [6.07, 6.45) is 3.77. The van der Waals surface area contributed by atoms with Crippen LogP contribution in [0.25, 0.3) is 10.9 Å². The van der Waals surface area contributed by atoms with Gasteiger partial charge in [-0.1, -0.05) is 5.16 Å². The molecular formula is C13H13N5O. The van der Waals surface area contributed by atoms with E-state index in [4.69, 9.17) is 5.73 Å². The Bertz CT molecular complexity index is 681. The van der Waals surface area contributed by atoms with Crippen LogP contribution in [0, 0.1) is 0 Å². The minimum absolute atomic E-state index is 0.681. The van der Waals surface area contributed by atoms with Crippen LogP contribution < -0.4 is 11.1 Å². The molecule has 0 saturated carbocycles. The number of nitrogens with one attached hydrogen (secondary N) is 1. The van der Waals surface area contributed by atoms with Crippen molar-refractivity contribution in [2.24, 2.45) is 0 Å². The molecule has 0 aliphatic heterocycles. The third-order valence-corrected chi connectivity index (χ3v) is 2.87. The number of nitrogens with two attached hydrogens (primary N) is 1. The number of hydrogen-bond acceptors (Lipinski definition) is 6. The van der Waals surface area contributed by atoms with E-state index in [9.17, 15) is 0 Å². The fourth-order valence-corrected chi connectivity index (χ4v) is 1.95. The summed E-state index contributed by atoms with van der Waals surface area (Å²) >= 11 is 0. The average molecular weight is 255 g/mol. The molecule has 19 heavy (non-hydrogen) atoms. The number of nitrogen functional groups attached to an aromatic ring is 1. The van der Waals surface area contributed by atoms with Gasteiger partial charge in [0.2, 0.25) is 6.39 Å². The second-order valence-corrected chi connectivity index (χ2v) is 4.13. The zero-order chi connectivity index (χ0) is 13.1. The Morgan fingerprint density at radius 3 is 3.00 bits per heavy atom. The van der Waals surface area contributed by atoms with Crippen molar-refractivity contribution in [1.29, 1.82) is 0 Å². The van der Waals surface area contributed by atoms with Gasteiger partial charge in [0.15, 0.2) is 5.82 Å². The van der Waals surface area contributed by atoms with E-state index in [2.05, 4.69) is 25.0 Å². The molecule has 0 radical (unpaired) electrons.